The molecule has 0 bridgehead atoms. The second kappa shape index (κ2) is 5.65. The van der Waals surface area contributed by atoms with E-state index in [1.165, 1.54) is 17.8 Å². The summed E-state index contributed by atoms with van der Waals surface area (Å²) < 4.78 is 0. The average Bonchev–Trinajstić information content (AvgIpc) is 2.39. The zero-order valence-corrected chi connectivity index (χ0v) is 10.7. The topological polar surface area (TPSA) is 42.0 Å². The standard InChI is InChI=1S/C14H13ClN2O/c1-2-10-3-5-12(6-4-10)17-14(18)13-9-11(15)7-8-16-13/h3-9H,2H2,1H3,(H,17,18). The molecule has 92 valence electrons. The lowest BCUT2D eigenvalue weighted by molar-refractivity contribution is 0.102. The molecule has 2 aromatic rings. The van der Waals surface area contributed by atoms with Crippen molar-refractivity contribution in [1.82, 2.24) is 4.98 Å². The van der Waals surface area contributed by atoms with Gasteiger partial charge < -0.3 is 5.32 Å². The number of carbonyl (C=O) groups excluding carboxylic acids is 1. The van der Waals surface area contributed by atoms with Gasteiger partial charge in [-0.15, -0.1) is 0 Å². The summed E-state index contributed by atoms with van der Waals surface area (Å²) in [6.45, 7) is 2.09. The maximum Gasteiger partial charge on any atom is 0.274 e. The normalized spacial score (nSPS) is 10.1. The number of anilines is 1. The molecule has 0 saturated heterocycles. The van der Waals surface area contributed by atoms with Crippen LogP contribution in [0.5, 0.6) is 0 Å². The molecule has 0 saturated carbocycles. The molecule has 4 heteroatoms. The molecule has 1 aromatic carbocycles. The van der Waals surface area contributed by atoms with Crippen molar-refractivity contribution in [3.63, 3.8) is 0 Å². The summed E-state index contributed by atoms with van der Waals surface area (Å²) >= 11 is 5.81. The first-order chi connectivity index (χ1) is 8.69. The van der Waals surface area contributed by atoms with E-state index in [1.54, 1.807) is 6.07 Å². The van der Waals surface area contributed by atoms with Crippen LogP contribution in [0.15, 0.2) is 42.6 Å². The number of pyridine rings is 1. The third kappa shape index (κ3) is 3.08. The Morgan fingerprint density at radius 1 is 1.28 bits per heavy atom. The van der Waals surface area contributed by atoms with E-state index in [1.807, 2.05) is 24.3 Å². The van der Waals surface area contributed by atoms with Crippen LogP contribution in [0.4, 0.5) is 5.69 Å². The molecule has 3 nitrogen and oxygen atoms in total. The highest BCUT2D eigenvalue weighted by atomic mass is 35.5. The molecular weight excluding hydrogens is 248 g/mol. The minimum absolute atomic E-state index is 0.262. The Morgan fingerprint density at radius 2 is 2.00 bits per heavy atom. The minimum atomic E-state index is -0.262. The fourth-order valence-electron chi connectivity index (χ4n) is 1.55. The van der Waals surface area contributed by atoms with Crippen LogP contribution in [0.1, 0.15) is 23.0 Å². The number of hydrogen-bond acceptors (Lipinski definition) is 2. The molecule has 1 N–H and O–H groups in total. The predicted octanol–water partition coefficient (Wildman–Crippen LogP) is 3.55. The Labute approximate surface area is 111 Å². The molecule has 1 heterocycles. The van der Waals surface area contributed by atoms with Crippen molar-refractivity contribution in [2.24, 2.45) is 0 Å². The van der Waals surface area contributed by atoms with E-state index < -0.39 is 0 Å². The van der Waals surface area contributed by atoms with E-state index in [0.717, 1.165) is 12.1 Å². The van der Waals surface area contributed by atoms with Crippen LogP contribution in [0.25, 0.3) is 0 Å². The van der Waals surface area contributed by atoms with E-state index in [-0.39, 0.29) is 5.91 Å². The van der Waals surface area contributed by atoms with Crippen LogP contribution >= 0.6 is 11.6 Å². The average molecular weight is 261 g/mol. The van der Waals surface area contributed by atoms with Gasteiger partial charge in [0.1, 0.15) is 5.69 Å². The van der Waals surface area contributed by atoms with Crippen LogP contribution in [-0.4, -0.2) is 10.9 Å². The Bertz CT molecular complexity index is 552. The number of amides is 1. The maximum atomic E-state index is 11.9. The molecule has 0 atom stereocenters. The highest BCUT2D eigenvalue weighted by Crippen LogP contribution is 2.13. The lowest BCUT2D eigenvalue weighted by atomic mass is 10.1. The molecular formula is C14H13ClN2O. The molecule has 0 spiro atoms. The highest BCUT2D eigenvalue weighted by Gasteiger charge is 2.07. The number of nitrogens with one attached hydrogen (secondary N) is 1. The summed E-state index contributed by atoms with van der Waals surface area (Å²) in [7, 11) is 0. The maximum absolute atomic E-state index is 11.9. The van der Waals surface area contributed by atoms with Crippen molar-refractivity contribution in [3.05, 3.63) is 58.9 Å². The van der Waals surface area contributed by atoms with Gasteiger partial charge in [0.05, 0.1) is 0 Å². The number of carbonyl (C=O) groups is 1. The van der Waals surface area contributed by atoms with Crippen molar-refractivity contribution in [3.8, 4) is 0 Å². The third-order valence-electron chi connectivity index (χ3n) is 2.57. The van der Waals surface area contributed by atoms with Crippen molar-refractivity contribution in [1.29, 1.82) is 0 Å². The Morgan fingerprint density at radius 3 is 2.61 bits per heavy atom. The third-order valence-corrected chi connectivity index (χ3v) is 2.81. The van der Waals surface area contributed by atoms with E-state index >= 15 is 0 Å². The van der Waals surface area contributed by atoms with Gasteiger partial charge >= 0.3 is 0 Å². The molecule has 0 radical (unpaired) electrons. The second-order valence-corrected chi connectivity index (χ2v) is 4.30. The van der Waals surface area contributed by atoms with Gasteiger partial charge in [-0.3, -0.25) is 9.78 Å². The summed E-state index contributed by atoms with van der Waals surface area (Å²) in [6.07, 6.45) is 2.49. The summed E-state index contributed by atoms with van der Waals surface area (Å²) in [5.74, 6) is -0.262. The Kier molecular flexibility index (Phi) is 3.95. The Balaban J connectivity index is 2.11. The monoisotopic (exact) mass is 260 g/mol. The first-order valence-corrected chi connectivity index (χ1v) is 6.08. The number of rotatable bonds is 3. The molecule has 0 aliphatic heterocycles. The number of hydrogen-bond donors (Lipinski definition) is 1. The van der Waals surface area contributed by atoms with Gasteiger partial charge in [0.15, 0.2) is 0 Å². The van der Waals surface area contributed by atoms with Crippen LogP contribution < -0.4 is 5.32 Å². The lowest BCUT2D eigenvalue weighted by Gasteiger charge is -2.05. The molecule has 0 fully saturated rings. The van der Waals surface area contributed by atoms with Gasteiger partial charge in [-0.05, 0) is 36.2 Å². The van der Waals surface area contributed by atoms with E-state index in [9.17, 15) is 4.79 Å². The fourth-order valence-corrected chi connectivity index (χ4v) is 1.71. The van der Waals surface area contributed by atoms with Gasteiger partial charge in [-0.1, -0.05) is 30.7 Å². The Hall–Kier alpha value is -1.87. The quantitative estimate of drug-likeness (QED) is 0.917. The van der Waals surface area contributed by atoms with Gasteiger partial charge in [-0.2, -0.15) is 0 Å². The molecule has 0 aliphatic rings. The summed E-state index contributed by atoms with van der Waals surface area (Å²) in [4.78, 5) is 15.9. The van der Waals surface area contributed by atoms with Crippen LogP contribution in [-0.2, 0) is 6.42 Å². The van der Waals surface area contributed by atoms with Crippen molar-refractivity contribution >= 4 is 23.2 Å². The van der Waals surface area contributed by atoms with Crippen LogP contribution in [0, 0.1) is 0 Å². The number of aromatic nitrogens is 1. The number of benzene rings is 1. The number of aryl methyl sites for hydroxylation is 1. The summed E-state index contributed by atoms with van der Waals surface area (Å²) in [5, 5.41) is 3.27. The SMILES string of the molecule is CCc1ccc(NC(=O)c2cc(Cl)ccn2)cc1. The van der Waals surface area contributed by atoms with Crippen molar-refractivity contribution in [2.75, 3.05) is 5.32 Å². The van der Waals surface area contributed by atoms with E-state index in [2.05, 4.69) is 17.2 Å². The zero-order valence-electron chi connectivity index (χ0n) is 9.98. The molecule has 2 rings (SSSR count). The highest BCUT2D eigenvalue weighted by molar-refractivity contribution is 6.30. The molecule has 1 amide bonds. The zero-order chi connectivity index (χ0) is 13.0. The first kappa shape index (κ1) is 12.6. The minimum Gasteiger partial charge on any atom is -0.321 e. The smallest absolute Gasteiger partial charge is 0.274 e. The van der Waals surface area contributed by atoms with Crippen LogP contribution in [0.2, 0.25) is 5.02 Å². The second-order valence-electron chi connectivity index (χ2n) is 3.86. The molecule has 18 heavy (non-hydrogen) atoms. The van der Waals surface area contributed by atoms with Crippen LogP contribution in [0.3, 0.4) is 0 Å². The molecule has 0 aliphatic carbocycles. The molecule has 1 aromatic heterocycles. The van der Waals surface area contributed by atoms with Gasteiger partial charge in [-0.25, -0.2) is 0 Å². The van der Waals surface area contributed by atoms with E-state index in [4.69, 9.17) is 11.6 Å². The lowest BCUT2D eigenvalue weighted by Crippen LogP contribution is -2.13. The van der Waals surface area contributed by atoms with Gasteiger partial charge in [0, 0.05) is 16.9 Å². The van der Waals surface area contributed by atoms with Crippen molar-refractivity contribution < 1.29 is 4.79 Å². The summed E-state index contributed by atoms with van der Waals surface area (Å²) in [5.41, 5.74) is 2.29. The fraction of sp³-hybridized carbons (Fsp3) is 0.143. The summed E-state index contributed by atoms with van der Waals surface area (Å²) in [6, 6.07) is 10.9. The van der Waals surface area contributed by atoms with Gasteiger partial charge in [0.25, 0.3) is 5.91 Å². The largest absolute Gasteiger partial charge is 0.321 e. The van der Waals surface area contributed by atoms with Crippen molar-refractivity contribution in [2.45, 2.75) is 13.3 Å². The molecule has 0 unspecified atom stereocenters. The predicted molar refractivity (Wildman–Crippen MR) is 73.0 cm³/mol. The number of nitrogens with zero attached hydrogens (tertiary/aromatic N) is 1. The number of halogens is 1. The van der Waals surface area contributed by atoms with E-state index in [0.29, 0.717) is 10.7 Å². The van der Waals surface area contributed by atoms with Gasteiger partial charge in [0.2, 0.25) is 0 Å². The first-order valence-electron chi connectivity index (χ1n) is 5.71.